The molecule has 0 aliphatic rings. The van der Waals surface area contributed by atoms with Crippen molar-refractivity contribution in [2.75, 3.05) is 5.32 Å². The topological polar surface area (TPSA) is 35.8 Å². The quantitative estimate of drug-likeness (QED) is 0.913. The summed E-state index contributed by atoms with van der Waals surface area (Å²) in [6, 6.07) is 7.45. The van der Waals surface area contributed by atoms with Gasteiger partial charge in [0.2, 0.25) is 0 Å². The Labute approximate surface area is 115 Å². The predicted molar refractivity (Wildman–Crippen MR) is 70.4 cm³/mol. The van der Waals surface area contributed by atoms with Gasteiger partial charge in [-0.25, -0.2) is 8.78 Å². The van der Waals surface area contributed by atoms with Gasteiger partial charge in [-0.15, -0.1) is 11.3 Å². The zero-order chi connectivity index (χ0) is 13.1. The normalized spacial score (nSPS) is 10.1. The predicted octanol–water partition coefficient (Wildman–Crippen LogP) is 4.27. The van der Waals surface area contributed by atoms with Crippen LogP contribution >= 0.6 is 27.3 Å². The van der Waals surface area contributed by atoms with Gasteiger partial charge in [-0.05, 0) is 40.2 Å². The lowest BCUT2D eigenvalue weighted by atomic mass is 10.2. The van der Waals surface area contributed by atoms with Gasteiger partial charge in [0.1, 0.15) is 5.69 Å². The highest BCUT2D eigenvalue weighted by molar-refractivity contribution is 9.11. The number of nitriles is 1. The number of nitrogens with one attached hydrogen (secondary N) is 1. The highest BCUT2D eigenvalue weighted by Crippen LogP contribution is 2.25. The number of hydrogen-bond donors (Lipinski definition) is 1. The van der Waals surface area contributed by atoms with Crippen molar-refractivity contribution in [3.05, 3.63) is 50.1 Å². The summed E-state index contributed by atoms with van der Waals surface area (Å²) in [4.78, 5) is 0.949. The number of rotatable bonds is 3. The smallest absolute Gasteiger partial charge is 0.150 e. The van der Waals surface area contributed by atoms with E-state index in [1.807, 2.05) is 12.1 Å². The molecule has 1 heterocycles. The standard InChI is InChI=1S/C12H7BrF2N2S/c13-11-2-1-8(18-11)6-17-12-9(14)3-7(5-16)4-10(12)15/h1-4,17H,6H2. The van der Waals surface area contributed by atoms with Crippen molar-refractivity contribution in [1.29, 1.82) is 5.26 Å². The van der Waals surface area contributed by atoms with Crippen LogP contribution in [0.3, 0.4) is 0 Å². The van der Waals surface area contributed by atoms with E-state index in [0.717, 1.165) is 20.8 Å². The molecule has 0 saturated carbocycles. The number of anilines is 1. The Bertz CT molecular complexity index is 596. The lowest BCUT2D eigenvalue weighted by Crippen LogP contribution is -2.03. The second-order valence-electron chi connectivity index (χ2n) is 3.49. The summed E-state index contributed by atoms with van der Waals surface area (Å²) in [5.74, 6) is -1.52. The first kappa shape index (κ1) is 13.0. The summed E-state index contributed by atoms with van der Waals surface area (Å²) in [6.07, 6.45) is 0. The zero-order valence-electron chi connectivity index (χ0n) is 9.01. The van der Waals surface area contributed by atoms with Gasteiger partial charge in [-0.2, -0.15) is 5.26 Å². The molecule has 0 aliphatic heterocycles. The van der Waals surface area contributed by atoms with Crippen LogP contribution in [0.4, 0.5) is 14.5 Å². The molecule has 2 aromatic rings. The lowest BCUT2D eigenvalue weighted by molar-refractivity contribution is 0.587. The van der Waals surface area contributed by atoms with Gasteiger partial charge in [-0.1, -0.05) is 0 Å². The van der Waals surface area contributed by atoms with Crippen molar-refractivity contribution >= 4 is 33.0 Å². The minimum atomic E-state index is -0.762. The van der Waals surface area contributed by atoms with Crippen LogP contribution in [-0.4, -0.2) is 0 Å². The largest absolute Gasteiger partial charge is 0.375 e. The van der Waals surface area contributed by atoms with Crippen molar-refractivity contribution in [3.8, 4) is 6.07 Å². The molecule has 0 radical (unpaired) electrons. The highest BCUT2D eigenvalue weighted by atomic mass is 79.9. The Morgan fingerprint density at radius 1 is 1.28 bits per heavy atom. The van der Waals surface area contributed by atoms with Crippen LogP contribution in [0, 0.1) is 23.0 Å². The number of thiophene rings is 1. The second kappa shape index (κ2) is 5.46. The molecular formula is C12H7BrF2N2S. The first-order chi connectivity index (χ1) is 8.60. The van der Waals surface area contributed by atoms with Crippen molar-refractivity contribution < 1.29 is 8.78 Å². The van der Waals surface area contributed by atoms with Crippen molar-refractivity contribution in [2.24, 2.45) is 0 Å². The van der Waals surface area contributed by atoms with Gasteiger partial charge in [0.25, 0.3) is 0 Å². The maximum absolute atomic E-state index is 13.5. The molecular weight excluding hydrogens is 322 g/mol. The summed E-state index contributed by atoms with van der Waals surface area (Å²) in [5.41, 5.74) is -0.243. The maximum Gasteiger partial charge on any atom is 0.150 e. The van der Waals surface area contributed by atoms with Gasteiger partial charge < -0.3 is 5.32 Å². The fraction of sp³-hybridized carbons (Fsp3) is 0.0833. The van der Waals surface area contributed by atoms with Crippen LogP contribution in [0.15, 0.2) is 28.1 Å². The molecule has 6 heteroatoms. The third-order valence-electron chi connectivity index (χ3n) is 2.24. The molecule has 0 atom stereocenters. The van der Waals surface area contributed by atoms with E-state index in [2.05, 4.69) is 21.2 Å². The minimum absolute atomic E-state index is 0.0329. The third kappa shape index (κ3) is 2.86. The van der Waals surface area contributed by atoms with Crippen LogP contribution in [0.1, 0.15) is 10.4 Å². The molecule has 0 aliphatic carbocycles. The van der Waals surface area contributed by atoms with Gasteiger partial charge in [0.15, 0.2) is 11.6 Å². The number of nitrogens with zero attached hydrogens (tertiary/aromatic N) is 1. The van der Waals surface area contributed by atoms with Crippen LogP contribution in [0.5, 0.6) is 0 Å². The average molecular weight is 329 g/mol. The van der Waals surface area contributed by atoms with E-state index < -0.39 is 11.6 Å². The molecule has 1 aromatic heterocycles. The molecule has 0 unspecified atom stereocenters. The SMILES string of the molecule is N#Cc1cc(F)c(NCc2ccc(Br)s2)c(F)c1. The molecule has 1 N–H and O–H groups in total. The lowest BCUT2D eigenvalue weighted by Gasteiger charge is -2.07. The van der Waals surface area contributed by atoms with E-state index >= 15 is 0 Å². The van der Waals surface area contributed by atoms with Gasteiger partial charge in [-0.3, -0.25) is 0 Å². The summed E-state index contributed by atoms with van der Waals surface area (Å²) in [5, 5.41) is 11.3. The molecule has 1 aromatic carbocycles. The van der Waals surface area contributed by atoms with E-state index in [4.69, 9.17) is 5.26 Å². The molecule has 0 spiro atoms. The van der Waals surface area contributed by atoms with Crippen molar-refractivity contribution in [1.82, 2.24) is 0 Å². The first-order valence-corrected chi connectivity index (χ1v) is 6.58. The Morgan fingerprint density at radius 2 is 1.94 bits per heavy atom. The van der Waals surface area contributed by atoms with Crippen molar-refractivity contribution in [2.45, 2.75) is 6.54 Å². The Balaban J connectivity index is 2.17. The molecule has 92 valence electrons. The van der Waals surface area contributed by atoms with Crippen LogP contribution in [0.25, 0.3) is 0 Å². The van der Waals surface area contributed by atoms with Crippen LogP contribution in [0.2, 0.25) is 0 Å². The van der Waals surface area contributed by atoms with Gasteiger partial charge in [0, 0.05) is 11.4 Å². The second-order valence-corrected chi connectivity index (χ2v) is 6.03. The molecule has 0 fully saturated rings. The fourth-order valence-electron chi connectivity index (χ4n) is 1.43. The van der Waals surface area contributed by atoms with E-state index in [9.17, 15) is 8.78 Å². The molecule has 0 amide bonds. The molecule has 0 saturated heterocycles. The van der Waals surface area contributed by atoms with Crippen LogP contribution < -0.4 is 5.32 Å². The summed E-state index contributed by atoms with van der Waals surface area (Å²) >= 11 is 4.80. The summed E-state index contributed by atoms with van der Waals surface area (Å²) < 4.78 is 28.1. The number of benzene rings is 1. The molecule has 2 rings (SSSR count). The van der Waals surface area contributed by atoms with E-state index in [1.54, 1.807) is 6.07 Å². The van der Waals surface area contributed by atoms with Crippen LogP contribution in [-0.2, 0) is 6.54 Å². The maximum atomic E-state index is 13.5. The average Bonchev–Trinajstić information content (AvgIpc) is 2.73. The summed E-state index contributed by atoms with van der Waals surface area (Å²) in [7, 11) is 0. The summed E-state index contributed by atoms with van der Waals surface area (Å²) in [6.45, 7) is 0.329. The molecule has 18 heavy (non-hydrogen) atoms. The van der Waals surface area contributed by atoms with E-state index in [0.29, 0.717) is 6.54 Å². The fourth-order valence-corrected chi connectivity index (χ4v) is 2.85. The minimum Gasteiger partial charge on any atom is -0.375 e. The Morgan fingerprint density at radius 3 is 2.44 bits per heavy atom. The van der Waals surface area contributed by atoms with Crippen molar-refractivity contribution in [3.63, 3.8) is 0 Å². The first-order valence-electron chi connectivity index (χ1n) is 4.97. The van der Waals surface area contributed by atoms with Gasteiger partial charge in [0.05, 0.1) is 15.4 Å². The van der Waals surface area contributed by atoms with E-state index in [1.165, 1.54) is 11.3 Å². The zero-order valence-corrected chi connectivity index (χ0v) is 11.4. The molecule has 2 nitrogen and oxygen atoms in total. The number of halogens is 3. The Hall–Kier alpha value is -1.45. The highest BCUT2D eigenvalue weighted by Gasteiger charge is 2.11. The monoisotopic (exact) mass is 328 g/mol. The van der Waals surface area contributed by atoms with E-state index in [-0.39, 0.29) is 11.3 Å². The molecule has 0 bridgehead atoms. The third-order valence-corrected chi connectivity index (χ3v) is 3.86. The van der Waals surface area contributed by atoms with Gasteiger partial charge >= 0.3 is 0 Å². The Kier molecular flexibility index (Phi) is 3.94. The number of hydrogen-bond acceptors (Lipinski definition) is 3.